The number of esters is 1. The lowest BCUT2D eigenvalue weighted by Gasteiger charge is -2.65. The molecule has 0 aromatic carbocycles. The van der Waals surface area contributed by atoms with Gasteiger partial charge in [-0.1, -0.05) is 39.3 Å². The molecule has 4 aliphatic rings. The van der Waals surface area contributed by atoms with Gasteiger partial charge in [-0.25, -0.2) is 4.79 Å². The number of hydrogen-bond donors (Lipinski definition) is 1. The molecule has 0 spiro atoms. The maximum Gasteiger partial charge on any atom is 0.375 e. The molecule has 194 valence electrons. The van der Waals surface area contributed by atoms with Crippen molar-refractivity contribution in [3.05, 3.63) is 48.0 Å². The van der Waals surface area contributed by atoms with Gasteiger partial charge in [-0.15, -0.1) is 23.2 Å². The van der Waals surface area contributed by atoms with E-state index >= 15 is 0 Å². The Kier molecular flexibility index (Phi) is 5.94. The number of alkyl halides is 2. The minimum absolute atomic E-state index is 0.00429. The highest BCUT2D eigenvalue weighted by Gasteiger charge is 2.76. The summed E-state index contributed by atoms with van der Waals surface area (Å²) in [7, 11) is 0. The smallest absolute Gasteiger partial charge is 0.375 e. The topological polar surface area (TPSA) is 93.8 Å². The first kappa shape index (κ1) is 25.7. The van der Waals surface area contributed by atoms with Gasteiger partial charge in [-0.2, -0.15) is 0 Å². The first-order valence-corrected chi connectivity index (χ1v) is 13.5. The third-order valence-corrected chi connectivity index (χ3v) is 11.2. The molecule has 0 amide bonds. The van der Waals surface area contributed by atoms with Gasteiger partial charge in [0, 0.05) is 16.7 Å². The highest BCUT2D eigenvalue weighted by Crippen LogP contribution is 2.72. The standard InChI is InChI=1S/C28H32Cl2O6/c1-15-10-20-19-11-16(2)28(23(33)14-29,36-24(34)21-6-5-9-35-21)26(19,4)13-22(32)27(20,30)25(3)8-7-17(31)12-18(15)25/h5-9,12,15-16,19-20,22,32H,10-11,13-14H2,1-4H3/t15?,16-,19+,20+,22+,25+,26+,27+,28+/m1/s1. The van der Waals surface area contributed by atoms with E-state index in [-0.39, 0.29) is 53.3 Å². The lowest BCUT2D eigenvalue weighted by Crippen LogP contribution is -2.70. The average Bonchev–Trinajstić information content (AvgIpc) is 3.44. The van der Waals surface area contributed by atoms with Gasteiger partial charge in [-0.3, -0.25) is 9.59 Å². The van der Waals surface area contributed by atoms with Crippen molar-refractivity contribution in [3.8, 4) is 0 Å². The Morgan fingerprint density at radius 1 is 1.22 bits per heavy atom. The number of carbonyl (C=O) groups excluding carboxylic acids is 3. The summed E-state index contributed by atoms with van der Waals surface area (Å²) in [6.45, 7) is 7.91. The zero-order valence-corrected chi connectivity index (χ0v) is 22.4. The van der Waals surface area contributed by atoms with Crippen LogP contribution in [-0.4, -0.2) is 45.1 Å². The van der Waals surface area contributed by atoms with Gasteiger partial charge < -0.3 is 14.3 Å². The van der Waals surface area contributed by atoms with E-state index in [2.05, 4.69) is 6.92 Å². The summed E-state index contributed by atoms with van der Waals surface area (Å²) in [6, 6.07) is 3.08. The Morgan fingerprint density at radius 2 is 1.94 bits per heavy atom. The van der Waals surface area contributed by atoms with Crippen LogP contribution in [0.5, 0.6) is 0 Å². The summed E-state index contributed by atoms with van der Waals surface area (Å²) < 4.78 is 11.4. The number of aliphatic hydroxyl groups excluding tert-OH is 1. The number of Topliss-reactive ketones (excluding diaryl/α,β-unsaturated/α-hetero) is 1. The molecule has 1 heterocycles. The van der Waals surface area contributed by atoms with Gasteiger partial charge >= 0.3 is 5.97 Å². The van der Waals surface area contributed by atoms with Crippen LogP contribution >= 0.6 is 23.2 Å². The molecule has 1 aromatic heterocycles. The van der Waals surface area contributed by atoms with Crippen LogP contribution in [0, 0.1) is 34.5 Å². The molecule has 3 fully saturated rings. The summed E-state index contributed by atoms with van der Waals surface area (Å²) in [6.07, 6.45) is 6.77. The second kappa shape index (κ2) is 8.31. The predicted octanol–water partition coefficient (Wildman–Crippen LogP) is 5.12. The first-order chi connectivity index (χ1) is 16.9. The number of furan rings is 1. The van der Waals surface area contributed by atoms with Crippen LogP contribution in [0.1, 0.15) is 57.5 Å². The summed E-state index contributed by atoms with van der Waals surface area (Å²) >= 11 is 13.7. The van der Waals surface area contributed by atoms with Gasteiger partial charge in [0.15, 0.2) is 17.2 Å². The van der Waals surface area contributed by atoms with Crippen LogP contribution in [0.4, 0.5) is 0 Å². The monoisotopic (exact) mass is 534 g/mol. The molecule has 36 heavy (non-hydrogen) atoms. The molecular weight excluding hydrogens is 503 g/mol. The third kappa shape index (κ3) is 3.04. The van der Waals surface area contributed by atoms with Crippen LogP contribution in [0.25, 0.3) is 0 Å². The molecular formula is C28H32Cl2O6. The minimum Gasteiger partial charge on any atom is -0.457 e. The molecule has 0 saturated heterocycles. The largest absolute Gasteiger partial charge is 0.457 e. The van der Waals surface area contributed by atoms with Gasteiger partial charge in [0.1, 0.15) is 0 Å². The lowest BCUT2D eigenvalue weighted by molar-refractivity contribution is -0.178. The van der Waals surface area contributed by atoms with E-state index in [1.807, 2.05) is 26.8 Å². The lowest BCUT2D eigenvalue weighted by atomic mass is 9.44. The summed E-state index contributed by atoms with van der Waals surface area (Å²) in [5, 5.41) is 11.8. The van der Waals surface area contributed by atoms with Crippen molar-refractivity contribution in [3.63, 3.8) is 0 Å². The van der Waals surface area contributed by atoms with Crippen molar-refractivity contribution in [2.24, 2.45) is 34.5 Å². The van der Waals surface area contributed by atoms with Crippen molar-refractivity contribution >= 4 is 40.7 Å². The Hall–Kier alpha value is -1.89. The highest BCUT2D eigenvalue weighted by molar-refractivity contribution is 6.29. The van der Waals surface area contributed by atoms with Gasteiger partial charge in [-0.05, 0) is 61.3 Å². The molecule has 9 atom stereocenters. The Morgan fingerprint density at radius 3 is 2.58 bits per heavy atom. The number of rotatable bonds is 4. The number of aliphatic hydroxyl groups is 1. The van der Waals surface area contributed by atoms with E-state index in [0.29, 0.717) is 12.8 Å². The van der Waals surface area contributed by atoms with Crippen LogP contribution < -0.4 is 0 Å². The van der Waals surface area contributed by atoms with Crippen molar-refractivity contribution in [2.45, 2.75) is 63.5 Å². The second-order valence-corrected chi connectivity index (χ2v) is 12.5. The Labute approximate surface area is 221 Å². The zero-order chi connectivity index (χ0) is 26.3. The van der Waals surface area contributed by atoms with Crippen LogP contribution in [0.15, 0.2) is 46.6 Å². The average molecular weight is 535 g/mol. The number of halogens is 2. The number of allylic oxidation sites excluding steroid dienone is 4. The molecule has 5 rings (SSSR count). The molecule has 1 N–H and O–H groups in total. The molecule has 3 saturated carbocycles. The molecule has 0 radical (unpaired) electrons. The Bertz CT molecular complexity index is 1170. The van der Waals surface area contributed by atoms with Crippen LogP contribution in [-0.2, 0) is 14.3 Å². The summed E-state index contributed by atoms with van der Waals surface area (Å²) in [5.41, 5.74) is -2.25. The molecule has 0 aliphatic heterocycles. The van der Waals surface area contributed by atoms with E-state index in [0.717, 1.165) is 5.57 Å². The van der Waals surface area contributed by atoms with Crippen molar-refractivity contribution in [2.75, 3.05) is 5.88 Å². The van der Waals surface area contributed by atoms with Gasteiger partial charge in [0.05, 0.1) is 23.1 Å². The number of carbonyl (C=O) groups is 3. The maximum atomic E-state index is 13.6. The van der Waals surface area contributed by atoms with Crippen molar-refractivity contribution in [1.29, 1.82) is 0 Å². The second-order valence-electron chi connectivity index (χ2n) is 11.6. The minimum atomic E-state index is -1.54. The fourth-order valence-corrected chi connectivity index (χ4v) is 9.17. The molecule has 1 aromatic rings. The number of hydrogen-bond acceptors (Lipinski definition) is 6. The van der Waals surface area contributed by atoms with E-state index in [1.165, 1.54) is 18.4 Å². The summed E-state index contributed by atoms with van der Waals surface area (Å²) in [5.74, 6) is -2.13. The predicted molar refractivity (Wildman–Crippen MR) is 135 cm³/mol. The maximum absolute atomic E-state index is 13.6. The fraction of sp³-hybridized carbons (Fsp3) is 0.607. The fourth-order valence-electron chi connectivity index (χ4n) is 8.48. The SMILES string of the molecule is CC1C[C@H]2[C@@H]3C[C@@H](C)[C@](OC(=O)c4ccco4)(C(=O)CCl)[C@@]3(C)C[C@H](O)[C@]2(Cl)[C@@]2(C)C=CC(=O)C=C12. The van der Waals surface area contributed by atoms with Crippen LogP contribution in [0.3, 0.4) is 0 Å². The quantitative estimate of drug-likeness (QED) is 0.425. The number of ether oxygens (including phenoxy) is 1. The van der Waals surface area contributed by atoms with Gasteiger partial charge in [0.2, 0.25) is 5.76 Å². The van der Waals surface area contributed by atoms with Crippen molar-refractivity contribution < 1.29 is 28.6 Å². The molecule has 6 nitrogen and oxygen atoms in total. The molecule has 1 unspecified atom stereocenters. The van der Waals surface area contributed by atoms with E-state index < -0.39 is 33.4 Å². The van der Waals surface area contributed by atoms with E-state index in [1.54, 1.807) is 12.1 Å². The highest BCUT2D eigenvalue weighted by atomic mass is 35.5. The van der Waals surface area contributed by atoms with Gasteiger partial charge in [0.25, 0.3) is 0 Å². The first-order valence-electron chi connectivity index (χ1n) is 12.5. The van der Waals surface area contributed by atoms with E-state index in [4.69, 9.17) is 32.4 Å². The normalized spacial score (nSPS) is 45.4. The third-order valence-electron chi connectivity index (χ3n) is 10.0. The molecule has 0 bridgehead atoms. The Balaban J connectivity index is 1.64. The summed E-state index contributed by atoms with van der Waals surface area (Å²) in [4.78, 5) is 37.9. The van der Waals surface area contributed by atoms with Crippen molar-refractivity contribution in [1.82, 2.24) is 0 Å². The van der Waals surface area contributed by atoms with E-state index in [9.17, 15) is 19.5 Å². The number of fused-ring (bicyclic) bond motifs is 5. The number of ketones is 2. The van der Waals surface area contributed by atoms with Crippen LogP contribution in [0.2, 0.25) is 0 Å². The molecule has 8 heteroatoms. The zero-order valence-electron chi connectivity index (χ0n) is 20.9. The molecule has 4 aliphatic carbocycles.